The minimum absolute atomic E-state index is 0.598. The Morgan fingerprint density at radius 3 is 2.69 bits per heavy atom. The predicted molar refractivity (Wildman–Crippen MR) is 57.9 cm³/mol. The van der Waals surface area contributed by atoms with Crippen LogP contribution in [-0.2, 0) is 9.73 Å². The first kappa shape index (κ1) is 10.3. The lowest BCUT2D eigenvalue weighted by atomic mass is 10.2. The van der Waals surface area contributed by atoms with Crippen LogP contribution in [0.3, 0.4) is 0 Å². The van der Waals surface area contributed by atoms with Crippen molar-refractivity contribution in [3.05, 3.63) is 29.8 Å². The summed E-state index contributed by atoms with van der Waals surface area (Å²) >= 11 is 0. The zero-order valence-electron chi connectivity index (χ0n) is 8.28. The highest BCUT2D eigenvalue weighted by molar-refractivity contribution is 7.93. The van der Waals surface area contributed by atoms with Gasteiger partial charge in [0.15, 0.2) is 0 Å². The van der Waals surface area contributed by atoms with Crippen LogP contribution in [0.2, 0.25) is 0 Å². The molecule has 72 valence electrons. The minimum Gasteiger partial charge on any atom is -0.250 e. The van der Waals surface area contributed by atoms with Crippen LogP contribution >= 0.6 is 0 Å². The minimum atomic E-state index is -2.01. The van der Waals surface area contributed by atoms with Crippen molar-refractivity contribution < 1.29 is 4.21 Å². The molecular weight excluding hydrogens is 182 g/mol. The summed E-state index contributed by atoms with van der Waals surface area (Å²) < 4.78 is 15.9. The Balaban J connectivity index is 3.12. The molecule has 0 saturated carbocycles. The fourth-order valence-electron chi connectivity index (χ4n) is 0.972. The number of rotatable bonds is 2. The lowest BCUT2D eigenvalue weighted by Gasteiger charge is -2.00. The zero-order chi connectivity index (χ0) is 9.90. The summed E-state index contributed by atoms with van der Waals surface area (Å²) in [6.45, 7) is 3.89. The third kappa shape index (κ3) is 3.19. The maximum absolute atomic E-state index is 11.7. The Kier molecular flexibility index (Phi) is 3.09. The number of hydrogen-bond acceptors (Lipinski definition) is 2. The van der Waals surface area contributed by atoms with E-state index >= 15 is 0 Å². The number of benzene rings is 1. The average Bonchev–Trinajstić information content (AvgIpc) is 2.03. The van der Waals surface area contributed by atoms with Crippen LogP contribution in [0, 0.1) is 6.92 Å². The van der Waals surface area contributed by atoms with Crippen molar-refractivity contribution in [1.82, 2.24) is 0 Å². The maximum Gasteiger partial charge on any atom is 0.0732 e. The van der Waals surface area contributed by atoms with Gasteiger partial charge < -0.3 is 0 Å². The highest BCUT2D eigenvalue weighted by Crippen LogP contribution is 2.15. The van der Waals surface area contributed by atoms with E-state index in [1.807, 2.05) is 38.1 Å². The van der Waals surface area contributed by atoms with Gasteiger partial charge in [0.2, 0.25) is 0 Å². The Labute approximate surface area is 80.2 Å². The van der Waals surface area contributed by atoms with Gasteiger partial charge in [-0.1, -0.05) is 19.1 Å². The van der Waals surface area contributed by atoms with Gasteiger partial charge in [0.05, 0.1) is 5.69 Å². The van der Waals surface area contributed by atoms with Crippen LogP contribution < -0.4 is 0 Å². The molecule has 3 heteroatoms. The fourth-order valence-corrected chi connectivity index (χ4v) is 1.66. The van der Waals surface area contributed by atoms with E-state index < -0.39 is 9.73 Å². The molecule has 0 radical (unpaired) electrons. The number of nitrogens with zero attached hydrogens (tertiary/aromatic N) is 1. The molecule has 1 rings (SSSR count). The van der Waals surface area contributed by atoms with E-state index in [9.17, 15) is 4.21 Å². The van der Waals surface area contributed by atoms with E-state index in [0.717, 1.165) is 11.3 Å². The molecule has 0 bridgehead atoms. The molecule has 0 fully saturated rings. The van der Waals surface area contributed by atoms with Gasteiger partial charge in [-0.15, -0.1) is 0 Å². The van der Waals surface area contributed by atoms with Crippen molar-refractivity contribution in [1.29, 1.82) is 0 Å². The number of hydrogen-bond donors (Lipinski definition) is 0. The third-order valence-corrected chi connectivity index (χ3v) is 3.50. The Hall–Kier alpha value is -0.830. The monoisotopic (exact) mass is 197 g/mol. The van der Waals surface area contributed by atoms with Crippen LogP contribution in [0.1, 0.15) is 12.5 Å². The lowest BCUT2D eigenvalue weighted by molar-refractivity contribution is 0.681. The molecule has 1 atom stereocenters. The summed E-state index contributed by atoms with van der Waals surface area (Å²) in [5.74, 6) is 0.598. The van der Waals surface area contributed by atoms with Gasteiger partial charge in [-0.05, 0) is 24.6 Å². The molecule has 1 aromatic carbocycles. The Morgan fingerprint density at radius 1 is 1.46 bits per heavy atom. The van der Waals surface area contributed by atoms with E-state index in [-0.39, 0.29) is 0 Å². The molecule has 13 heavy (non-hydrogen) atoms. The second kappa shape index (κ2) is 3.92. The van der Waals surface area contributed by atoms with Gasteiger partial charge in [0.25, 0.3) is 0 Å². The maximum atomic E-state index is 11.7. The highest BCUT2D eigenvalue weighted by Gasteiger charge is 1.97. The third-order valence-electron chi connectivity index (χ3n) is 1.84. The lowest BCUT2D eigenvalue weighted by Crippen LogP contribution is -1.97. The van der Waals surface area contributed by atoms with Crippen molar-refractivity contribution >= 4 is 15.4 Å². The first-order valence-electron chi connectivity index (χ1n) is 4.30. The summed E-state index contributed by atoms with van der Waals surface area (Å²) in [6.07, 6.45) is 1.69. The van der Waals surface area contributed by atoms with Gasteiger partial charge in [-0.3, -0.25) is 0 Å². The first-order valence-corrected chi connectivity index (χ1v) is 6.39. The summed E-state index contributed by atoms with van der Waals surface area (Å²) in [6, 6.07) is 7.76. The number of aryl methyl sites for hydroxylation is 1. The normalized spacial score (nSPS) is 15.0. The van der Waals surface area contributed by atoms with Crippen LogP contribution in [0.5, 0.6) is 0 Å². The van der Waals surface area contributed by atoms with Crippen molar-refractivity contribution in [2.24, 2.45) is 4.36 Å². The van der Waals surface area contributed by atoms with E-state index in [1.54, 1.807) is 6.26 Å². The second-order valence-electron chi connectivity index (χ2n) is 3.18. The quantitative estimate of drug-likeness (QED) is 0.716. The highest BCUT2D eigenvalue weighted by atomic mass is 32.2. The van der Waals surface area contributed by atoms with E-state index in [1.165, 1.54) is 0 Å². The summed E-state index contributed by atoms with van der Waals surface area (Å²) in [5.41, 5.74) is 1.96. The van der Waals surface area contributed by atoms with Crippen molar-refractivity contribution in [3.63, 3.8) is 0 Å². The molecule has 0 spiro atoms. The molecule has 0 amide bonds. The van der Waals surface area contributed by atoms with E-state index in [4.69, 9.17) is 0 Å². The second-order valence-corrected chi connectivity index (χ2v) is 5.86. The molecule has 0 aliphatic heterocycles. The largest absolute Gasteiger partial charge is 0.250 e. The molecule has 0 saturated heterocycles. The fraction of sp³-hybridized carbons (Fsp3) is 0.400. The van der Waals surface area contributed by atoms with Crippen LogP contribution in [0.4, 0.5) is 5.69 Å². The molecular formula is C10H15NOS. The SMILES string of the molecule is CC[S@](C)(=O)=Nc1cccc(C)c1. The Morgan fingerprint density at radius 2 is 2.15 bits per heavy atom. The van der Waals surface area contributed by atoms with Gasteiger partial charge >= 0.3 is 0 Å². The molecule has 0 N–H and O–H groups in total. The zero-order valence-corrected chi connectivity index (χ0v) is 9.10. The summed E-state index contributed by atoms with van der Waals surface area (Å²) in [4.78, 5) is 0. The summed E-state index contributed by atoms with van der Waals surface area (Å²) in [5, 5.41) is 0. The van der Waals surface area contributed by atoms with Crippen molar-refractivity contribution in [3.8, 4) is 0 Å². The summed E-state index contributed by atoms with van der Waals surface area (Å²) in [7, 11) is -2.01. The molecule has 0 unspecified atom stereocenters. The predicted octanol–water partition coefficient (Wildman–Crippen LogP) is 2.74. The van der Waals surface area contributed by atoms with Crippen LogP contribution in [0.15, 0.2) is 28.6 Å². The Bertz CT molecular complexity index is 403. The van der Waals surface area contributed by atoms with Crippen molar-refractivity contribution in [2.45, 2.75) is 13.8 Å². The van der Waals surface area contributed by atoms with Crippen molar-refractivity contribution in [2.75, 3.05) is 12.0 Å². The van der Waals surface area contributed by atoms with E-state index in [0.29, 0.717) is 5.75 Å². The molecule has 0 aromatic heterocycles. The van der Waals surface area contributed by atoms with Gasteiger partial charge in [0.1, 0.15) is 0 Å². The van der Waals surface area contributed by atoms with E-state index in [2.05, 4.69) is 4.36 Å². The van der Waals surface area contributed by atoms with Crippen LogP contribution in [-0.4, -0.2) is 16.2 Å². The van der Waals surface area contributed by atoms with Gasteiger partial charge in [-0.25, -0.2) is 4.21 Å². The van der Waals surface area contributed by atoms with Gasteiger partial charge in [-0.2, -0.15) is 4.36 Å². The van der Waals surface area contributed by atoms with Gasteiger partial charge in [0, 0.05) is 21.7 Å². The topological polar surface area (TPSA) is 29.4 Å². The molecule has 0 heterocycles. The molecule has 2 nitrogen and oxygen atoms in total. The standard InChI is InChI=1S/C10H15NOS/c1-4-13(3,12)11-10-7-5-6-9(2)8-10/h5-8H,4H2,1-3H3/t13-/m0/s1. The molecule has 1 aromatic rings. The molecule has 0 aliphatic rings. The smallest absolute Gasteiger partial charge is 0.0732 e. The van der Waals surface area contributed by atoms with Crippen LogP contribution in [0.25, 0.3) is 0 Å². The average molecular weight is 197 g/mol. The first-order chi connectivity index (χ1) is 6.03. The molecule has 0 aliphatic carbocycles.